The molecule has 2 rings (SSSR count). The summed E-state index contributed by atoms with van der Waals surface area (Å²) in [5.41, 5.74) is 8.12. The normalized spacial score (nSPS) is 10.5. The Morgan fingerprint density at radius 3 is 2.35 bits per heavy atom. The van der Waals surface area contributed by atoms with E-state index in [1.807, 2.05) is 24.3 Å². The largest absolute Gasteiger partial charge is 0.330 e. The van der Waals surface area contributed by atoms with Crippen LogP contribution in [-0.2, 0) is 6.42 Å². The second-order valence-corrected chi connectivity index (χ2v) is 3.87. The lowest BCUT2D eigenvalue weighted by molar-refractivity contribution is 0.509. The van der Waals surface area contributed by atoms with Gasteiger partial charge in [-0.3, -0.25) is 0 Å². The molecule has 0 unspecified atom stereocenters. The summed E-state index contributed by atoms with van der Waals surface area (Å²) in [7, 11) is 0. The molecule has 2 N–H and O–H groups in total. The predicted molar refractivity (Wildman–Crippen MR) is 64.6 cm³/mol. The van der Waals surface area contributed by atoms with E-state index >= 15 is 0 Å². The Hall–Kier alpha value is -1.74. The van der Waals surface area contributed by atoms with E-state index in [0.29, 0.717) is 12.1 Å². The van der Waals surface area contributed by atoms with Gasteiger partial charge in [0, 0.05) is 0 Å². The zero-order valence-electron chi connectivity index (χ0n) is 9.29. The third kappa shape index (κ3) is 2.68. The highest BCUT2D eigenvalue weighted by Gasteiger charge is 2.04. The van der Waals surface area contributed by atoms with E-state index in [1.165, 1.54) is 6.07 Å². The molecular weight excluding hydrogens is 220 g/mol. The molecule has 3 heteroatoms. The van der Waals surface area contributed by atoms with Gasteiger partial charge in [-0.25, -0.2) is 8.78 Å². The molecule has 0 saturated carbocycles. The van der Waals surface area contributed by atoms with E-state index in [1.54, 1.807) is 6.07 Å². The van der Waals surface area contributed by atoms with Crippen molar-refractivity contribution in [1.82, 2.24) is 0 Å². The van der Waals surface area contributed by atoms with Crippen molar-refractivity contribution in [3.05, 3.63) is 59.7 Å². The van der Waals surface area contributed by atoms with Gasteiger partial charge < -0.3 is 5.73 Å². The number of hydrogen-bond acceptors (Lipinski definition) is 1. The Morgan fingerprint density at radius 1 is 0.882 bits per heavy atom. The first-order valence-corrected chi connectivity index (χ1v) is 5.45. The highest BCUT2D eigenvalue weighted by atomic mass is 19.2. The average molecular weight is 233 g/mol. The first-order valence-electron chi connectivity index (χ1n) is 5.45. The van der Waals surface area contributed by atoms with Crippen molar-refractivity contribution in [1.29, 1.82) is 0 Å². The van der Waals surface area contributed by atoms with Crippen molar-refractivity contribution < 1.29 is 8.78 Å². The third-order valence-corrected chi connectivity index (χ3v) is 2.61. The number of halogens is 2. The lowest BCUT2D eigenvalue weighted by Crippen LogP contribution is -2.02. The maximum Gasteiger partial charge on any atom is 0.159 e. The fraction of sp³-hybridized carbons (Fsp3) is 0.143. The molecule has 0 bridgehead atoms. The molecule has 1 nitrogen and oxygen atoms in total. The molecule has 0 radical (unpaired) electrons. The van der Waals surface area contributed by atoms with Crippen molar-refractivity contribution in [2.75, 3.05) is 6.54 Å². The highest BCUT2D eigenvalue weighted by molar-refractivity contribution is 5.64. The van der Waals surface area contributed by atoms with Gasteiger partial charge in [-0.15, -0.1) is 0 Å². The van der Waals surface area contributed by atoms with Crippen molar-refractivity contribution in [3.8, 4) is 11.1 Å². The minimum atomic E-state index is -0.827. The molecule has 0 aliphatic carbocycles. The molecule has 0 saturated heterocycles. The Balaban J connectivity index is 2.38. The summed E-state index contributed by atoms with van der Waals surface area (Å²) in [4.78, 5) is 0. The van der Waals surface area contributed by atoms with Crippen LogP contribution >= 0.6 is 0 Å². The average Bonchev–Trinajstić information content (AvgIpc) is 2.33. The molecule has 2 aromatic rings. The summed E-state index contributed by atoms with van der Waals surface area (Å²) < 4.78 is 25.9. The van der Waals surface area contributed by atoms with Crippen LogP contribution in [0.4, 0.5) is 8.78 Å². The molecule has 0 amide bonds. The molecule has 0 heterocycles. The number of benzene rings is 2. The Morgan fingerprint density at radius 2 is 1.65 bits per heavy atom. The minimum Gasteiger partial charge on any atom is -0.330 e. The van der Waals surface area contributed by atoms with Crippen LogP contribution in [0.1, 0.15) is 5.56 Å². The molecule has 0 aromatic heterocycles. The van der Waals surface area contributed by atoms with Crippen LogP contribution in [0.15, 0.2) is 42.5 Å². The molecular formula is C14H13F2N. The van der Waals surface area contributed by atoms with E-state index in [4.69, 9.17) is 5.73 Å². The van der Waals surface area contributed by atoms with Crippen LogP contribution in [0, 0.1) is 11.6 Å². The fourth-order valence-electron chi connectivity index (χ4n) is 1.75. The van der Waals surface area contributed by atoms with Gasteiger partial charge in [-0.05, 0) is 41.8 Å². The topological polar surface area (TPSA) is 26.0 Å². The molecule has 88 valence electrons. The van der Waals surface area contributed by atoms with E-state index in [0.717, 1.165) is 23.6 Å². The number of hydrogen-bond donors (Lipinski definition) is 1. The van der Waals surface area contributed by atoms with Gasteiger partial charge in [0.25, 0.3) is 0 Å². The van der Waals surface area contributed by atoms with Crippen molar-refractivity contribution >= 4 is 0 Å². The van der Waals surface area contributed by atoms with Crippen LogP contribution < -0.4 is 5.73 Å². The molecule has 17 heavy (non-hydrogen) atoms. The summed E-state index contributed by atoms with van der Waals surface area (Å²) in [6.07, 6.45) is 0.775. The van der Waals surface area contributed by atoms with Gasteiger partial charge in [-0.2, -0.15) is 0 Å². The van der Waals surface area contributed by atoms with Gasteiger partial charge in [0.15, 0.2) is 11.6 Å². The summed E-state index contributed by atoms with van der Waals surface area (Å²) in [5, 5.41) is 0. The van der Waals surface area contributed by atoms with E-state index in [2.05, 4.69) is 0 Å². The van der Waals surface area contributed by atoms with Crippen LogP contribution in [-0.4, -0.2) is 6.54 Å². The molecule has 0 fully saturated rings. The van der Waals surface area contributed by atoms with E-state index in [9.17, 15) is 8.78 Å². The van der Waals surface area contributed by atoms with Crippen LogP contribution in [0.3, 0.4) is 0 Å². The maximum atomic E-state index is 13.1. The molecule has 0 aliphatic rings. The molecule has 2 aromatic carbocycles. The standard InChI is InChI=1S/C14H13F2N/c15-13-5-4-12(9-14(13)16)11-3-1-2-10(8-11)6-7-17/h1-5,8-9H,6-7,17H2. The Labute approximate surface area is 98.9 Å². The maximum absolute atomic E-state index is 13.1. The van der Waals surface area contributed by atoms with Crippen LogP contribution in [0.5, 0.6) is 0 Å². The summed E-state index contributed by atoms with van der Waals surface area (Å²) in [6, 6.07) is 11.6. The van der Waals surface area contributed by atoms with Gasteiger partial charge in [0.05, 0.1) is 0 Å². The fourth-order valence-corrected chi connectivity index (χ4v) is 1.75. The second-order valence-electron chi connectivity index (χ2n) is 3.87. The number of nitrogens with two attached hydrogens (primary N) is 1. The smallest absolute Gasteiger partial charge is 0.159 e. The van der Waals surface area contributed by atoms with Crippen molar-refractivity contribution in [2.45, 2.75) is 6.42 Å². The Bertz CT molecular complexity index is 523. The zero-order chi connectivity index (χ0) is 12.3. The monoisotopic (exact) mass is 233 g/mol. The van der Waals surface area contributed by atoms with Gasteiger partial charge >= 0.3 is 0 Å². The summed E-state index contributed by atoms with van der Waals surface area (Å²) in [6.45, 7) is 0.571. The highest BCUT2D eigenvalue weighted by Crippen LogP contribution is 2.22. The zero-order valence-corrected chi connectivity index (χ0v) is 9.29. The van der Waals surface area contributed by atoms with E-state index in [-0.39, 0.29) is 0 Å². The molecule has 0 spiro atoms. The third-order valence-electron chi connectivity index (χ3n) is 2.61. The number of rotatable bonds is 3. The van der Waals surface area contributed by atoms with Gasteiger partial charge in [0.1, 0.15) is 0 Å². The van der Waals surface area contributed by atoms with Crippen LogP contribution in [0.25, 0.3) is 11.1 Å². The SMILES string of the molecule is NCCc1cccc(-c2ccc(F)c(F)c2)c1. The summed E-state index contributed by atoms with van der Waals surface area (Å²) >= 11 is 0. The van der Waals surface area contributed by atoms with Gasteiger partial charge in [-0.1, -0.05) is 30.3 Å². The molecule has 0 aliphatic heterocycles. The minimum absolute atomic E-state index is 0.571. The first kappa shape index (κ1) is 11.7. The first-order chi connectivity index (χ1) is 8.20. The predicted octanol–water partition coefficient (Wildman–Crippen LogP) is 3.13. The lowest BCUT2D eigenvalue weighted by atomic mass is 10.0. The summed E-state index contributed by atoms with van der Waals surface area (Å²) in [5.74, 6) is -1.65. The second kappa shape index (κ2) is 5.06. The van der Waals surface area contributed by atoms with E-state index < -0.39 is 11.6 Å². The lowest BCUT2D eigenvalue weighted by Gasteiger charge is -2.05. The van der Waals surface area contributed by atoms with Crippen molar-refractivity contribution in [3.63, 3.8) is 0 Å². The van der Waals surface area contributed by atoms with Crippen LogP contribution in [0.2, 0.25) is 0 Å². The quantitative estimate of drug-likeness (QED) is 0.866. The Kier molecular flexibility index (Phi) is 3.49. The van der Waals surface area contributed by atoms with Gasteiger partial charge in [0.2, 0.25) is 0 Å². The molecule has 0 atom stereocenters. The van der Waals surface area contributed by atoms with Crippen molar-refractivity contribution in [2.24, 2.45) is 5.73 Å².